The van der Waals surface area contributed by atoms with Crippen molar-refractivity contribution < 1.29 is 0 Å². The Balaban J connectivity index is 2.19. The number of benzene rings is 1. The van der Waals surface area contributed by atoms with Gasteiger partial charge < -0.3 is 10.6 Å². The molecule has 2 nitrogen and oxygen atoms in total. The number of nitrogens with two attached hydrogens (primary N) is 1. The van der Waals surface area contributed by atoms with Crippen LogP contribution in [0, 0.1) is 5.41 Å². The van der Waals surface area contributed by atoms with E-state index in [0.29, 0.717) is 12.0 Å². The molecular formula is C16H25ClN2. The predicted molar refractivity (Wildman–Crippen MR) is 84.1 cm³/mol. The van der Waals surface area contributed by atoms with E-state index in [1.165, 1.54) is 30.5 Å². The first kappa shape index (κ1) is 14.7. The Morgan fingerprint density at radius 2 is 2.00 bits per heavy atom. The molecule has 0 bridgehead atoms. The summed E-state index contributed by atoms with van der Waals surface area (Å²) in [5, 5.41) is 0.867. The smallest absolute Gasteiger partial charge is 0.0642 e. The first-order valence-corrected chi connectivity index (χ1v) is 7.70. The van der Waals surface area contributed by atoms with Crippen molar-refractivity contribution in [1.29, 1.82) is 0 Å². The number of nitrogens with zero attached hydrogens (tertiary/aromatic N) is 1. The summed E-state index contributed by atoms with van der Waals surface area (Å²) in [7, 11) is 0. The highest BCUT2D eigenvalue weighted by atomic mass is 35.5. The van der Waals surface area contributed by atoms with Crippen LogP contribution in [0.3, 0.4) is 0 Å². The monoisotopic (exact) mass is 280 g/mol. The fourth-order valence-corrected chi connectivity index (χ4v) is 3.21. The van der Waals surface area contributed by atoms with Crippen molar-refractivity contribution in [3.63, 3.8) is 0 Å². The largest absolute Gasteiger partial charge is 0.370 e. The summed E-state index contributed by atoms with van der Waals surface area (Å²) in [5.74, 6) is 0. The summed E-state index contributed by atoms with van der Waals surface area (Å²) in [6, 6.07) is 6.17. The Hall–Kier alpha value is -0.730. The van der Waals surface area contributed by atoms with Crippen LogP contribution in [0.1, 0.15) is 38.7 Å². The predicted octanol–water partition coefficient (Wildman–Crippen LogP) is 3.86. The normalized spacial score (nSPS) is 18.6. The molecule has 1 saturated heterocycles. The van der Waals surface area contributed by atoms with Crippen molar-refractivity contribution in [3.05, 3.63) is 28.8 Å². The molecule has 1 aromatic rings. The summed E-state index contributed by atoms with van der Waals surface area (Å²) in [6.07, 6.45) is 4.66. The molecule has 1 aliphatic rings. The Labute approximate surface area is 121 Å². The summed E-state index contributed by atoms with van der Waals surface area (Å²) in [4.78, 5) is 2.45. The molecule has 1 aromatic carbocycles. The third-order valence-corrected chi connectivity index (χ3v) is 4.93. The van der Waals surface area contributed by atoms with Gasteiger partial charge in [0, 0.05) is 13.1 Å². The highest BCUT2D eigenvalue weighted by Crippen LogP contribution is 2.38. The molecule has 0 aromatic heterocycles. The zero-order valence-corrected chi connectivity index (χ0v) is 12.8. The summed E-state index contributed by atoms with van der Waals surface area (Å²) in [5.41, 5.74) is 8.72. The van der Waals surface area contributed by atoms with Gasteiger partial charge in [0.25, 0.3) is 0 Å². The van der Waals surface area contributed by atoms with E-state index in [9.17, 15) is 0 Å². The van der Waals surface area contributed by atoms with E-state index in [1.807, 2.05) is 12.1 Å². The molecule has 2 N–H and O–H groups in total. The third-order valence-electron chi connectivity index (χ3n) is 4.62. The van der Waals surface area contributed by atoms with Crippen LogP contribution in [-0.4, -0.2) is 19.6 Å². The Morgan fingerprint density at radius 3 is 2.58 bits per heavy atom. The molecule has 19 heavy (non-hydrogen) atoms. The zero-order chi connectivity index (χ0) is 13.9. The van der Waals surface area contributed by atoms with E-state index >= 15 is 0 Å². The molecule has 0 atom stereocenters. The molecule has 0 amide bonds. The van der Waals surface area contributed by atoms with Crippen molar-refractivity contribution in [1.82, 2.24) is 0 Å². The van der Waals surface area contributed by atoms with E-state index in [-0.39, 0.29) is 0 Å². The lowest BCUT2D eigenvalue weighted by Crippen LogP contribution is -2.39. The second kappa shape index (κ2) is 6.15. The molecular weight excluding hydrogens is 256 g/mol. The van der Waals surface area contributed by atoms with Gasteiger partial charge >= 0.3 is 0 Å². The van der Waals surface area contributed by atoms with E-state index in [1.54, 1.807) is 0 Å². The fourth-order valence-electron chi connectivity index (χ4n) is 2.90. The minimum absolute atomic E-state index is 0.506. The second-order valence-corrected chi connectivity index (χ2v) is 6.34. The fraction of sp³-hybridized carbons (Fsp3) is 0.625. The first-order valence-electron chi connectivity index (χ1n) is 7.32. The standard InChI is InChI=1S/C16H25ClN2/c1-3-16(2)8-11-19(12-9-16)15-13(7-10-18)5-4-6-14(15)17/h4-6H,3,7-12,18H2,1-2H3. The van der Waals surface area contributed by atoms with Crippen LogP contribution in [0.25, 0.3) is 0 Å². The Bertz CT molecular complexity index is 423. The van der Waals surface area contributed by atoms with Gasteiger partial charge in [-0.05, 0) is 42.9 Å². The van der Waals surface area contributed by atoms with Crippen LogP contribution in [0.4, 0.5) is 5.69 Å². The van der Waals surface area contributed by atoms with Crippen molar-refractivity contribution in [3.8, 4) is 0 Å². The average Bonchev–Trinajstić information content (AvgIpc) is 2.41. The van der Waals surface area contributed by atoms with Gasteiger partial charge in [0.05, 0.1) is 10.7 Å². The quantitative estimate of drug-likeness (QED) is 0.907. The summed E-state index contributed by atoms with van der Waals surface area (Å²) < 4.78 is 0. The van der Waals surface area contributed by atoms with Crippen LogP contribution < -0.4 is 10.6 Å². The SMILES string of the molecule is CCC1(C)CCN(c2c(Cl)cccc2CCN)CC1. The first-order chi connectivity index (χ1) is 9.09. The van der Waals surface area contributed by atoms with Crippen LogP contribution >= 0.6 is 11.6 Å². The van der Waals surface area contributed by atoms with E-state index < -0.39 is 0 Å². The van der Waals surface area contributed by atoms with Gasteiger partial charge in [0.2, 0.25) is 0 Å². The topological polar surface area (TPSA) is 29.3 Å². The molecule has 1 fully saturated rings. The van der Waals surface area contributed by atoms with E-state index in [0.717, 1.165) is 24.5 Å². The lowest BCUT2D eigenvalue weighted by molar-refractivity contribution is 0.238. The molecule has 0 spiro atoms. The van der Waals surface area contributed by atoms with Gasteiger partial charge in [0.1, 0.15) is 0 Å². The van der Waals surface area contributed by atoms with Gasteiger partial charge in [0.15, 0.2) is 0 Å². The molecule has 0 aliphatic carbocycles. The van der Waals surface area contributed by atoms with Crippen molar-refractivity contribution in [2.45, 2.75) is 39.5 Å². The molecule has 1 aliphatic heterocycles. The average molecular weight is 281 g/mol. The maximum atomic E-state index is 6.42. The molecule has 0 saturated carbocycles. The van der Waals surface area contributed by atoms with E-state index in [2.05, 4.69) is 24.8 Å². The van der Waals surface area contributed by atoms with Gasteiger partial charge in [-0.2, -0.15) is 0 Å². The van der Waals surface area contributed by atoms with Crippen LogP contribution in [-0.2, 0) is 6.42 Å². The molecule has 0 radical (unpaired) electrons. The van der Waals surface area contributed by atoms with Crippen molar-refractivity contribution in [2.75, 3.05) is 24.5 Å². The number of halogens is 1. The molecule has 0 unspecified atom stereocenters. The Kier molecular flexibility index (Phi) is 4.75. The lowest BCUT2D eigenvalue weighted by atomic mass is 9.78. The minimum Gasteiger partial charge on any atom is -0.370 e. The number of rotatable bonds is 4. The Morgan fingerprint density at radius 1 is 1.32 bits per heavy atom. The highest BCUT2D eigenvalue weighted by Gasteiger charge is 2.29. The van der Waals surface area contributed by atoms with E-state index in [4.69, 9.17) is 17.3 Å². The van der Waals surface area contributed by atoms with Gasteiger partial charge in [-0.1, -0.05) is 44.0 Å². The lowest BCUT2D eigenvalue weighted by Gasteiger charge is -2.41. The van der Waals surface area contributed by atoms with Crippen LogP contribution in [0.2, 0.25) is 5.02 Å². The van der Waals surface area contributed by atoms with Crippen molar-refractivity contribution in [2.24, 2.45) is 11.1 Å². The maximum Gasteiger partial charge on any atom is 0.0642 e. The van der Waals surface area contributed by atoms with Gasteiger partial charge in [-0.25, -0.2) is 0 Å². The third kappa shape index (κ3) is 3.24. The minimum atomic E-state index is 0.506. The van der Waals surface area contributed by atoms with Crippen molar-refractivity contribution >= 4 is 17.3 Å². The maximum absolute atomic E-state index is 6.42. The number of para-hydroxylation sites is 1. The number of anilines is 1. The summed E-state index contributed by atoms with van der Waals surface area (Å²) >= 11 is 6.42. The van der Waals surface area contributed by atoms with Gasteiger partial charge in [-0.15, -0.1) is 0 Å². The van der Waals surface area contributed by atoms with Crippen LogP contribution in [0.15, 0.2) is 18.2 Å². The molecule has 2 rings (SSSR count). The molecule has 3 heteroatoms. The number of hydrogen-bond donors (Lipinski definition) is 1. The highest BCUT2D eigenvalue weighted by molar-refractivity contribution is 6.33. The number of piperidine rings is 1. The second-order valence-electron chi connectivity index (χ2n) is 5.94. The summed E-state index contributed by atoms with van der Waals surface area (Å²) in [6.45, 7) is 7.58. The van der Waals surface area contributed by atoms with Gasteiger partial charge in [-0.3, -0.25) is 0 Å². The zero-order valence-electron chi connectivity index (χ0n) is 12.1. The van der Waals surface area contributed by atoms with Crippen LogP contribution in [0.5, 0.6) is 0 Å². The number of hydrogen-bond acceptors (Lipinski definition) is 2. The molecule has 106 valence electrons. The molecule has 1 heterocycles.